The van der Waals surface area contributed by atoms with Gasteiger partial charge < -0.3 is 15.4 Å². The quantitative estimate of drug-likeness (QED) is 0.160. The lowest BCUT2D eigenvalue weighted by Crippen LogP contribution is -2.03. The number of aliphatic imine (C=N–C) groups is 1. The second kappa shape index (κ2) is 19.4. The van der Waals surface area contributed by atoms with Gasteiger partial charge in [-0.3, -0.25) is 14.8 Å². The van der Waals surface area contributed by atoms with E-state index in [2.05, 4.69) is 54.6 Å². The zero-order chi connectivity index (χ0) is 29.0. The second-order valence-electron chi connectivity index (χ2n) is 8.85. The number of amides is 1. The number of anilines is 2. The number of aromatic nitrogens is 5. The number of aldehydes is 1. The fourth-order valence-electron chi connectivity index (χ4n) is 4.01. The van der Waals surface area contributed by atoms with Crippen molar-refractivity contribution in [2.24, 2.45) is 16.8 Å². The van der Waals surface area contributed by atoms with Crippen molar-refractivity contribution in [2.75, 3.05) is 17.7 Å². The van der Waals surface area contributed by atoms with E-state index < -0.39 is 0 Å². The predicted molar refractivity (Wildman–Crippen MR) is 164 cm³/mol. The summed E-state index contributed by atoms with van der Waals surface area (Å²) >= 11 is 3.10. The first-order valence-corrected chi connectivity index (χ1v) is 14.8. The molecule has 0 saturated heterocycles. The van der Waals surface area contributed by atoms with E-state index in [-0.39, 0.29) is 0 Å². The molecular formula is C28H38N8O2S2. The first-order valence-electron chi connectivity index (χ1n) is 13.2. The number of carbonyl (C=O) groups excluding carboxylic acids is 2. The zero-order valence-electron chi connectivity index (χ0n) is 23.3. The monoisotopic (exact) mass is 582 g/mol. The van der Waals surface area contributed by atoms with Gasteiger partial charge in [0.05, 0.1) is 0 Å². The zero-order valence-corrected chi connectivity index (χ0v) is 25.0. The Hall–Kier alpha value is -3.64. The summed E-state index contributed by atoms with van der Waals surface area (Å²) in [6.45, 7) is 7.32. The number of hydrogen-bond donors (Lipinski definition) is 2. The third kappa shape index (κ3) is 12.5. The molecule has 1 aliphatic carbocycles. The topological polar surface area (TPSA) is 135 Å². The molecule has 0 aromatic carbocycles. The standard InChI is InChI=1S/C13H18N6OS2.C8H11NO.C7H9N/c1-14-12-18-16-10(21-12)5-8-2-3-9(4-8)6-11-17-19-13(22-11)15-7-20;1-3-4-5-8(9-2)6-7-10;1-2-7-5-3-4-6-8-7/h7-9H,2-6H2,1H3,(H,14,18)(H,15,19,20);3-5,7H,2,6H2,1H3;3-6H,2H2,1H3/b;4-3-,8-5-;. The van der Waals surface area contributed by atoms with Crippen LogP contribution in [0.25, 0.3) is 0 Å². The van der Waals surface area contributed by atoms with Crippen LogP contribution in [0.15, 0.2) is 53.3 Å². The van der Waals surface area contributed by atoms with Crippen molar-refractivity contribution in [1.29, 1.82) is 0 Å². The van der Waals surface area contributed by atoms with Gasteiger partial charge in [-0.25, -0.2) is 0 Å². The van der Waals surface area contributed by atoms with Crippen LogP contribution in [0.4, 0.5) is 10.3 Å². The summed E-state index contributed by atoms with van der Waals surface area (Å²) in [4.78, 5) is 28.1. The summed E-state index contributed by atoms with van der Waals surface area (Å²) in [5.41, 5.74) is 1.86. The third-order valence-electron chi connectivity index (χ3n) is 5.97. The molecule has 1 aliphatic rings. The highest BCUT2D eigenvalue weighted by molar-refractivity contribution is 7.15. The Kier molecular flexibility index (Phi) is 15.8. The average Bonchev–Trinajstić information content (AvgIpc) is 3.75. The summed E-state index contributed by atoms with van der Waals surface area (Å²) in [6.07, 6.45) is 15.7. The first kappa shape index (κ1) is 32.6. The molecule has 0 radical (unpaired) electrons. The molecule has 0 bridgehead atoms. The molecule has 0 spiro atoms. The summed E-state index contributed by atoms with van der Waals surface area (Å²) < 4.78 is 0. The molecule has 214 valence electrons. The Balaban J connectivity index is 0.000000257. The van der Waals surface area contributed by atoms with Crippen molar-refractivity contribution in [3.63, 3.8) is 0 Å². The summed E-state index contributed by atoms with van der Waals surface area (Å²) in [6, 6.07) is 5.96. The fourth-order valence-corrected chi connectivity index (χ4v) is 5.63. The summed E-state index contributed by atoms with van der Waals surface area (Å²) in [7, 11) is 1.87. The number of allylic oxidation sites excluding steroid dienone is 4. The number of aryl methyl sites for hydroxylation is 1. The molecular weight excluding hydrogens is 544 g/mol. The van der Waals surface area contributed by atoms with Gasteiger partial charge in [0.1, 0.15) is 16.3 Å². The molecule has 3 aromatic rings. The molecule has 1 amide bonds. The second-order valence-corrected chi connectivity index (χ2v) is 11.0. The molecule has 3 aromatic heterocycles. The van der Waals surface area contributed by atoms with Gasteiger partial charge in [-0.1, -0.05) is 47.8 Å². The van der Waals surface area contributed by atoms with Crippen LogP contribution in [-0.4, -0.2) is 51.8 Å². The fraction of sp³-hybridized carbons (Fsp3) is 0.429. The van der Waals surface area contributed by atoms with Gasteiger partial charge in [0.2, 0.25) is 16.7 Å². The Morgan fingerprint density at radius 2 is 1.75 bits per heavy atom. The molecule has 10 nitrogen and oxygen atoms in total. The molecule has 1 fully saturated rings. The minimum absolute atomic E-state index is 0.341. The van der Waals surface area contributed by atoms with Crippen molar-refractivity contribution in [1.82, 2.24) is 25.4 Å². The smallest absolute Gasteiger partial charge is 0.213 e. The minimum atomic E-state index is 0.341. The van der Waals surface area contributed by atoms with E-state index >= 15 is 0 Å². The Morgan fingerprint density at radius 3 is 2.23 bits per heavy atom. The molecule has 1 saturated carbocycles. The Labute approximate surface area is 244 Å². The largest absolute Gasteiger partial charge is 0.363 e. The number of pyridine rings is 1. The van der Waals surface area contributed by atoms with Crippen molar-refractivity contribution in [2.45, 2.75) is 58.8 Å². The van der Waals surface area contributed by atoms with E-state index in [1.54, 1.807) is 17.4 Å². The van der Waals surface area contributed by atoms with Crippen LogP contribution in [-0.2, 0) is 28.9 Å². The van der Waals surface area contributed by atoms with Crippen LogP contribution in [0, 0.1) is 11.8 Å². The van der Waals surface area contributed by atoms with E-state index in [1.807, 2.05) is 50.5 Å². The van der Waals surface area contributed by atoms with Crippen molar-refractivity contribution < 1.29 is 9.59 Å². The number of rotatable bonds is 12. The molecule has 2 unspecified atom stereocenters. The van der Waals surface area contributed by atoms with E-state index in [4.69, 9.17) is 0 Å². The van der Waals surface area contributed by atoms with E-state index in [0.717, 1.165) is 46.4 Å². The lowest BCUT2D eigenvalue weighted by molar-refractivity contribution is -0.107. The number of nitrogens with one attached hydrogen (secondary N) is 2. The van der Waals surface area contributed by atoms with Gasteiger partial charge in [0.15, 0.2) is 0 Å². The maximum atomic E-state index is 10.4. The van der Waals surface area contributed by atoms with Gasteiger partial charge in [0.25, 0.3) is 0 Å². The third-order valence-corrected chi connectivity index (χ3v) is 7.81. The van der Waals surface area contributed by atoms with Crippen LogP contribution < -0.4 is 10.6 Å². The predicted octanol–water partition coefficient (Wildman–Crippen LogP) is 5.58. The van der Waals surface area contributed by atoms with Gasteiger partial charge in [-0.2, -0.15) is 0 Å². The van der Waals surface area contributed by atoms with Crippen LogP contribution in [0.3, 0.4) is 0 Å². The highest BCUT2D eigenvalue weighted by atomic mass is 32.1. The molecule has 40 heavy (non-hydrogen) atoms. The van der Waals surface area contributed by atoms with Gasteiger partial charge >= 0.3 is 0 Å². The Morgan fingerprint density at radius 1 is 1.07 bits per heavy atom. The molecule has 12 heteroatoms. The summed E-state index contributed by atoms with van der Waals surface area (Å²) in [5.74, 6) is 1.34. The van der Waals surface area contributed by atoms with Crippen LogP contribution >= 0.6 is 22.7 Å². The number of hydrogen-bond acceptors (Lipinski definition) is 11. The van der Waals surface area contributed by atoms with Crippen molar-refractivity contribution >= 4 is 52.4 Å². The van der Waals surface area contributed by atoms with Gasteiger partial charge in [-0.05, 0) is 69.4 Å². The maximum absolute atomic E-state index is 10.4. The molecule has 2 atom stereocenters. The van der Waals surface area contributed by atoms with Crippen LogP contribution in [0.2, 0.25) is 0 Å². The normalized spacial score (nSPS) is 16.3. The average molecular weight is 583 g/mol. The maximum Gasteiger partial charge on any atom is 0.213 e. The Bertz CT molecular complexity index is 1210. The van der Waals surface area contributed by atoms with Gasteiger partial charge in [0, 0.05) is 43.9 Å². The SMILES string of the molecule is C=N/C(=C\C=C/C)CC=O.CCc1ccccn1.CNc1nnc(CC2CCC(Cc3nnc(NC=O)s3)C2)s1. The highest BCUT2D eigenvalue weighted by Gasteiger charge is 2.27. The molecule has 2 N–H and O–H groups in total. The number of nitrogens with zero attached hydrogens (tertiary/aromatic N) is 6. The van der Waals surface area contributed by atoms with E-state index in [0.29, 0.717) is 35.5 Å². The molecule has 4 rings (SSSR count). The van der Waals surface area contributed by atoms with Crippen LogP contribution in [0.1, 0.15) is 55.2 Å². The van der Waals surface area contributed by atoms with E-state index in [1.165, 1.54) is 30.6 Å². The lowest BCUT2D eigenvalue weighted by atomic mass is 10.0. The minimum Gasteiger partial charge on any atom is -0.363 e. The highest BCUT2D eigenvalue weighted by Crippen LogP contribution is 2.36. The molecule has 0 aliphatic heterocycles. The van der Waals surface area contributed by atoms with Gasteiger partial charge in [-0.15, -0.1) is 20.4 Å². The first-order chi connectivity index (χ1) is 19.5. The van der Waals surface area contributed by atoms with E-state index in [9.17, 15) is 9.59 Å². The number of carbonyl (C=O) groups is 2. The van der Waals surface area contributed by atoms with Crippen LogP contribution in [0.5, 0.6) is 0 Å². The van der Waals surface area contributed by atoms with Crippen molar-refractivity contribution in [3.8, 4) is 0 Å². The summed E-state index contributed by atoms with van der Waals surface area (Å²) in [5, 5.41) is 25.6. The van der Waals surface area contributed by atoms with Crippen molar-refractivity contribution in [3.05, 3.63) is 64.0 Å². The molecule has 3 heterocycles. The lowest BCUT2D eigenvalue weighted by Gasteiger charge is -2.08.